The van der Waals surface area contributed by atoms with Crippen LogP contribution in [0.5, 0.6) is 0 Å². The van der Waals surface area contributed by atoms with E-state index in [9.17, 15) is 9.90 Å². The lowest BCUT2D eigenvalue weighted by atomic mass is 9.77. The second-order valence-corrected chi connectivity index (χ2v) is 6.62. The Balaban J connectivity index is 1.73. The van der Waals surface area contributed by atoms with Crippen molar-refractivity contribution in [3.63, 3.8) is 0 Å². The molecule has 0 atom stereocenters. The number of carbonyl (C=O) groups excluding carboxylic acids is 1. The molecule has 3 rings (SSSR count). The molecule has 4 heteroatoms. The molecule has 1 aromatic carbocycles. The van der Waals surface area contributed by atoms with E-state index in [4.69, 9.17) is 0 Å². The van der Waals surface area contributed by atoms with Gasteiger partial charge in [0.05, 0.1) is 12.1 Å². The fraction of sp³-hybridized carbons (Fsp3) is 0.588. The molecule has 0 bridgehead atoms. The maximum atomic E-state index is 12.5. The Morgan fingerprint density at radius 1 is 1.43 bits per heavy atom. The van der Waals surface area contributed by atoms with Crippen LogP contribution in [0, 0.1) is 5.92 Å². The molecule has 1 aliphatic heterocycles. The Kier molecular flexibility index (Phi) is 3.89. The molecule has 21 heavy (non-hydrogen) atoms. The largest absolute Gasteiger partial charge is 0.394 e. The fourth-order valence-electron chi connectivity index (χ4n) is 3.40. The first-order valence-corrected chi connectivity index (χ1v) is 7.92. The zero-order chi connectivity index (χ0) is 14.9. The van der Waals surface area contributed by atoms with Crippen LogP contribution in [-0.4, -0.2) is 29.7 Å². The molecule has 0 radical (unpaired) electrons. The van der Waals surface area contributed by atoms with Gasteiger partial charge in [-0.3, -0.25) is 4.79 Å². The van der Waals surface area contributed by atoms with Crippen molar-refractivity contribution >= 4 is 11.6 Å². The predicted octanol–water partition coefficient (Wildman–Crippen LogP) is 2.33. The number of carbonyl (C=O) groups is 1. The zero-order valence-corrected chi connectivity index (χ0v) is 12.6. The van der Waals surface area contributed by atoms with Crippen LogP contribution in [0.3, 0.4) is 0 Å². The minimum atomic E-state index is -0.430. The summed E-state index contributed by atoms with van der Waals surface area (Å²) in [6.45, 7) is 3.20. The Morgan fingerprint density at radius 2 is 2.19 bits per heavy atom. The third-order valence-corrected chi connectivity index (χ3v) is 4.99. The normalized spacial score (nSPS) is 27.8. The Hall–Kier alpha value is -1.55. The smallest absolute Gasteiger partial charge is 0.251 e. The van der Waals surface area contributed by atoms with Gasteiger partial charge in [0.1, 0.15) is 0 Å². The summed E-state index contributed by atoms with van der Waals surface area (Å²) in [6, 6.07) is 5.82. The average Bonchev–Trinajstić information content (AvgIpc) is 2.97. The minimum Gasteiger partial charge on any atom is -0.394 e. The van der Waals surface area contributed by atoms with Gasteiger partial charge in [0, 0.05) is 17.8 Å². The second kappa shape index (κ2) is 5.68. The van der Waals surface area contributed by atoms with Crippen LogP contribution in [0.15, 0.2) is 18.2 Å². The first-order valence-electron chi connectivity index (χ1n) is 7.92. The lowest BCUT2D eigenvalue weighted by molar-refractivity contribution is 0.0717. The monoisotopic (exact) mass is 288 g/mol. The number of nitrogens with one attached hydrogen (secondary N) is 2. The highest BCUT2D eigenvalue weighted by atomic mass is 16.3. The summed E-state index contributed by atoms with van der Waals surface area (Å²) in [6.07, 6.45) is 4.83. The van der Waals surface area contributed by atoms with Crippen LogP contribution in [0.25, 0.3) is 0 Å². The molecule has 1 saturated carbocycles. The van der Waals surface area contributed by atoms with Crippen molar-refractivity contribution in [2.24, 2.45) is 5.92 Å². The molecule has 1 aliphatic carbocycles. The van der Waals surface area contributed by atoms with Gasteiger partial charge in [0.15, 0.2) is 0 Å². The third-order valence-electron chi connectivity index (χ3n) is 4.99. The summed E-state index contributed by atoms with van der Waals surface area (Å²) in [5.74, 6) is 0.626. The number of aliphatic hydroxyl groups is 1. The number of fused-ring (bicyclic) bond motifs is 1. The molecule has 114 valence electrons. The summed E-state index contributed by atoms with van der Waals surface area (Å²) >= 11 is 0. The molecule has 1 fully saturated rings. The van der Waals surface area contributed by atoms with Crippen molar-refractivity contribution in [3.05, 3.63) is 29.3 Å². The Bertz CT molecular complexity index is 534. The van der Waals surface area contributed by atoms with E-state index in [1.165, 1.54) is 5.56 Å². The van der Waals surface area contributed by atoms with Gasteiger partial charge in [-0.25, -0.2) is 0 Å². The molecule has 0 spiro atoms. The standard InChI is InChI=1S/C17H24N2O2/c1-12-4-7-17(11-20,8-5-12)19-16(21)14-2-3-15-13(10-14)6-9-18-15/h2-3,10,12,18,20H,4-9,11H2,1H3,(H,19,21). The van der Waals surface area contributed by atoms with Crippen LogP contribution in [-0.2, 0) is 6.42 Å². The predicted molar refractivity (Wildman–Crippen MR) is 83.6 cm³/mol. The number of anilines is 1. The van der Waals surface area contributed by atoms with E-state index in [1.54, 1.807) is 0 Å². The number of benzene rings is 1. The SMILES string of the molecule is CC1CCC(CO)(NC(=O)c2ccc3c(c2)CCN3)CC1. The Morgan fingerprint density at radius 3 is 2.90 bits per heavy atom. The molecule has 1 amide bonds. The van der Waals surface area contributed by atoms with E-state index < -0.39 is 5.54 Å². The zero-order valence-electron chi connectivity index (χ0n) is 12.6. The summed E-state index contributed by atoms with van der Waals surface area (Å²) in [7, 11) is 0. The summed E-state index contributed by atoms with van der Waals surface area (Å²) in [5, 5.41) is 16.2. The van der Waals surface area contributed by atoms with Crippen molar-refractivity contribution in [2.45, 2.75) is 44.6 Å². The summed E-state index contributed by atoms with van der Waals surface area (Å²) in [5.41, 5.74) is 2.61. The molecular weight excluding hydrogens is 264 g/mol. The van der Waals surface area contributed by atoms with Gasteiger partial charge < -0.3 is 15.7 Å². The number of hydrogen-bond donors (Lipinski definition) is 3. The maximum absolute atomic E-state index is 12.5. The highest BCUT2D eigenvalue weighted by Crippen LogP contribution is 2.32. The molecule has 4 nitrogen and oxygen atoms in total. The number of rotatable bonds is 3. The first-order chi connectivity index (χ1) is 10.1. The molecule has 0 aromatic heterocycles. The molecular formula is C17H24N2O2. The van der Waals surface area contributed by atoms with E-state index in [2.05, 4.69) is 17.6 Å². The van der Waals surface area contributed by atoms with Gasteiger partial charge in [-0.2, -0.15) is 0 Å². The molecule has 0 saturated heterocycles. The van der Waals surface area contributed by atoms with Crippen molar-refractivity contribution in [2.75, 3.05) is 18.5 Å². The summed E-state index contributed by atoms with van der Waals surface area (Å²) < 4.78 is 0. The van der Waals surface area contributed by atoms with E-state index in [-0.39, 0.29) is 12.5 Å². The minimum absolute atomic E-state index is 0.0258. The van der Waals surface area contributed by atoms with Crippen LogP contribution in [0.1, 0.15) is 48.5 Å². The van der Waals surface area contributed by atoms with E-state index in [1.807, 2.05) is 18.2 Å². The fourth-order valence-corrected chi connectivity index (χ4v) is 3.40. The Labute approximate surface area is 125 Å². The first kappa shape index (κ1) is 14.4. The number of aliphatic hydroxyl groups excluding tert-OH is 1. The van der Waals surface area contributed by atoms with Crippen LogP contribution in [0.2, 0.25) is 0 Å². The van der Waals surface area contributed by atoms with Crippen molar-refractivity contribution in [1.82, 2.24) is 5.32 Å². The number of amides is 1. The van der Waals surface area contributed by atoms with Gasteiger partial charge in [0.25, 0.3) is 5.91 Å². The van der Waals surface area contributed by atoms with Crippen LogP contribution < -0.4 is 10.6 Å². The van der Waals surface area contributed by atoms with Crippen molar-refractivity contribution in [1.29, 1.82) is 0 Å². The van der Waals surface area contributed by atoms with Crippen LogP contribution >= 0.6 is 0 Å². The molecule has 3 N–H and O–H groups in total. The molecule has 2 aliphatic rings. The highest BCUT2D eigenvalue weighted by molar-refractivity contribution is 5.95. The van der Waals surface area contributed by atoms with Gasteiger partial charge >= 0.3 is 0 Å². The summed E-state index contributed by atoms with van der Waals surface area (Å²) in [4.78, 5) is 12.5. The van der Waals surface area contributed by atoms with Gasteiger partial charge in [-0.1, -0.05) is 6.92 Å². The van der Waals surface area contributed by atoms with Crippen molar-refractivity contribution in [3.8, 4) is 0 Å². The quantitative estimate of drug-likeness (QED) is 0.800. The van der Waals surface area contributed by atoms with Gasteiger partial charge in [-0.05, 0) is 61.8 Å². The van der Waals surface area contributed by atoms with Crippen LogP contribution in [0.4, 0.5) is 5.69 Å². The lowest BCUT2D eigenvalue weighted by Crippen LogP contribution is -2.53. The van der Waals surface area contributed by atoms with Gasteiger partial charge in [0.2, 0.25) is 0 Å². The molecule has 1 heterocycles. The number of hydrogen-bond acceptors (Lipinski definition) is 3. The lowest BCUT2D eigenvalue weighted by Gasteiger charge is -2.38. The van der Waals surface area contributed by atoms with Gasteiger partial charge in [-0.15, -0.1) is 0 Å². The molecule has 0 unspecified atom stereocenters. The third kappa shape index (κ3) is 2.91. The van der Waals surface area contributed by atoms with Crippen molar-refractivity contribution < 1.29 is 9.90 Å². The van der Waals surface area contributed by atoms with E-state index >= 15 is 0 Å². The van der Waals surface area contributed by atoms with E-state index in [0.29, 0.717) is 11.5 Å². The maximum Gasteiger partial charge on any atom is 0.251 e. The topological polar surface area (TPSA) is 61.4 Å². The second-order valence-electron chi connectivity index (χ2n) is 6.62. The average molecular weight is 288 g/mol. The van der Waals surface area contributed by atoms with E-state index in [0.717, 1.165) is 44.3 Å². The highest BCUT2D eigenvalue weighted by Gasteiger charge is 2.35. The molecule has 1 aromatic rings.